The molecule has 0 aromatic heterocycles. The molecule has 57 heavy (non-hydrogen) atoms. The van der Waals surface area contributed by atoms with Gasteiger partial charge >= 0.3 is 11.8 Å². The molecule has 11 N–H and O–H groups in total. The van der Waals surface area contributed by atoms with Crippen molar-refractivity contribution < 1.29 is 72.7 Å². The standard InChI is InChI=1S/C36H64N6O14S/c1-36(2,11-15-43)56-25-30(46)38-12-6-5-8-26(34(51)40-23-33(49)50)41-31(47)24-55-20-19-54-18-17-53-16-13-39-29(45)9-4-3-7-14-42-32(48)22-27(35(42)52)57-21-10-28(37)44/h26-27,33,43,49-50H,3-25H2,1-2H3,(H2,37,44)(H,38,46)(H,39,45)(H,40,51)(H,41,47)/p+2. The third-order valence-electron chi connectivity index (χ3n) is 8.51. The third-order valence-corrected chi connectivity index (χ3v) is 9.74. The molecular formula is C36H66N6O14S+2. The number of aliphatic hydroxyl groups excluding tert-OH is 1. The van der Waals surface area contributed by atoms with E-state index in [0.29, 0.717) is 75.2 Å². The van der Waals surface area contributed by atoms with E-state index in [9.17, 15) is 33.6 Å². The highest BCUT2D eigenvalue weighted by Crippen LogP contribution is 2.18. The van der Waals surface area contributed by atoms with Gasteiger partial charge in [0.2, 0.25) is 29.5 Å². The average molecular weight is 839 g/mol. The first-order valence-electron chi connectivity index (χ1n) is 19.5. The van der Waals surface area contributed by atoms with Crippen LogP contribution in [0.5, 0.6) is 0 Å². The first-order valence-corrected chi connectivity index (χ1v) is 20.5. The fraction of sp³-hybridized carbons (Fsp3) is 0.806. The maximum absolute atomic E-state index is 12.6. The van der Waals surface area contributed by atoms with Gasteiger partial charge in [-0.15, -0.1) is 11.8 Å². The van der Waals surface area contributed by atoms with Crippen molar-refractivity contribution in [2.45, 2.75) is 101 Å². The molecule has 0 aliphatic carbocycles. The number of nitrogens with one attached hydrogen (secondary N) is 5. The molecular weight excluding hydrogens is 772 g/mol. The monoisotopic (exact) mass is 838 g/mol. The molecule has 21 heteroatoms. The average Bonchev–Trinajstić information content (AvgIpc) is 3.41. The van der Waals surface area contributed by atoms with Crippen LogP contribution in [0.1, 0.15) is 78.1 Å². The van der Waals surface area contributed by atoms with Crippen LogP contribution in [0.3, 0.4) is 0 Å². The zero-order valence-corrected chi connectivity index (χ0v) is 34.2. The minimum Gasteiger partial charge on any atom is -0.445 e. The molecule has 0 spiro atoms. The van der Waals surface area contributed by atoms with Gasteiger partial charge in [0.15, 0.2) is 6.29 Å². The highest BCUT2D eigenvalue weighted by atomic mass is 32.2. The van der Waals surface area contributed by atoms with Gasteiger partial charge in [-0.05, 0) is 52.4 Å². The molecule has 1 rings (SSSR count). The molecule has 0 aromatic carbocycles. The lowest BCUT2D eigenvalue weighted by atomic mass is 10.1. The minimum absolute atomic E-state index is 0.102. The number of quaternary nitrogens is 1. The Morgan fingerprint density at radius 2 is 1.54 bits per heavy atom. The lowest BCUT2D eigenvalue weighted by Gasteiger charge is -2.22. The van der Waals surface area contributed by atoms with Crippen molar-refractivity contribution in [1.82, 2.24) is 21.3 Å². The van der Waals surface area contributed by atoms with Crippen molar-refractivity contribution in [2.75, 3.05) is 84.8 Å². The van der Waals surface area contributed by atoms with Gasteiger partial charge in [0.05, 0.1) is 58.1 Å². The van der Waals surface area contributed by atoms with Gasteiger partial charge in [-0.2, -0.15) is 0 Å². The van der Waals surface area contributed by atoms with Gasteiger partial charge < -0.3 is 61.3 Å². The number of hydrogen-bond donors (Lipinski definition) is 8. The van der Waals surface area contributed by atoms with E-state index in [2.05, 4.69) is 21.3 Å². The molecule has 0 aromatic rings. The van der Waals surface area contributed by atoms with E-state index < -0.39 is 47.4 Å². The molecule has 0 radical (unpaired) electrons. The number of carbonyl (C=O) groups is 7. The normalized spacial score (nSPS) is 16.1. The molecule has 1 heterocycles. The van der Waals surface area contributed by atoms with Crippen LogP contribution in [-0.4, -0.2) is 165 Å². The summed E-state index contributed by atoms with van der Waals surface area (Å²) < 4.78 is 21.7. The van der Waals surface area contributed by atoms with Crippen LogP contribution in [0.4, 0.5) is 0 Å². The van der Waals surface area contributed by atoms with Crippen LogP contribution in [0.25, 0.3) is 0 Å². The second kappa shape index (κ2) is 30.8. The number of thioether (sulfide) groups is 1. The smallest absolute Gasteiger partial charge is 0.333 e. The van der Waals surface area contributed by atoms with Crippen molar-refractivity contribution in [3.05, 3.63) is 0 Å². The number of carbonyl (C=O) groups excluding carboxylic acids is 7. The Bertz CT molecular complexity index is 1240. The zero-order chi connectivity index (χ0) is 42.5. The zero-order valence-electron chi connectivity index (χ0n) is 33.4. The Morgan fingerprint density at radius 1 is 0.860 bits per heavy atom. The quantitative estimate of drug-likeness (QED) is 0.0131. The molecule has 3 atom stereocenters. The van der Waals surface area contributed by atoms with Gasteiger partial charge in [-0.25, -0.2) is 14.5 Å². The Labute approximate surface area is 338 Å². The highest BCUT2D eigenvalue weighted by molar-refractivity contribution is 8.00. The number of hydrogen-bond acceptors (Lipinski definition) is 14. The molecule has 3 unspecified atom stereocenters. The Balaban J connectivity index is 2.11. The summed E-state index contributed by atoms with van der Waals surface area (Å²) in [4.78, 5) is 85.1. The van der Waals surface area contributed by atoms with Crippen LogP contribution in [0, 0.1) is 0 Å². The van der Waals surface area contributed by atoms with E-state index in [4.69, 9.17) is 40.0 Å². The van der Waals surface area contributed by atoms with E-state index in [1.165, 1.54) is 11.8 Å². The molecule has 0 bridgehead atoms. The Kier molecular flexibility index (Phi) is 27.9. The topological polar surface area (TPSA) is 298 Å². The number of imide groups is 1. The lowest BCUT2D eigenvalue weighted by molar-refractivity contribution is -0.732. The molecule has 20 nitrogen and oxygen atoms in total. The van der Waals surface area contributed by atoms with Gasteiger partial charge in [0.25, 0.3) is 0 Å². The molecule has 1 fully saturated rings. The summed E-state index contributed by atoms with van der Waals surface area (Å²) in [5.41, 5.74) is 4.55. The number of aliphatic hydroxyl groups is 2. The summed E-state index contributed by atoms with van der Waals surface area (Å²) in [5.74, 6) is -1.89. The number of likely N-dealkylation sites (tertiary alicyclic amines) is 1. The molecule has 1 saturated heterocycles. The van der Waals surface area contributed by atoms with Crippen molar-refractivity contribution in [1.29, 1.82) is 0 Å². The van der Waals surface area contributed by atoms with Crippen LogP contribution in [0.15, 0.2) is 0 Å². The van der Waals surface area contributed by atoms with E-state index >= 15 is 0 Å². The fourth-order valence-electron chi connectivity index (χ4n) is 5.34. The first kappa shape index (κ1) is 51.7. The largest absolute Gasteiger partial charge is 0.445 e. The number of nitrogens with two attached hydrogens (primary N) is 1. The Morgan fingerprint density at radius 3 is 2.23 bits per heavy atom. The molecule has 328 valence electrons. The second-order valence-electron chi connectivity index (χ2n) is 14.0. The summed E-state index contributed by atoms with van der Waals surface area (Å²) in [6.45, 7) is 5.09. The van der Waals surface area contributed by atoms with Crippen LogP contribution in [-0.2, 0) is 52.5 Å². The summed E-state index contributed by atoms with van der Waals surface area (Å²) in [6, 6.07) is -0.962. The third kappa shape index (κ3) is 26.4. The SMILES string of the molecule is CC(C)(CC[OH2+])OCC(=O)NCCCCC(NC(=O)COCCOCCOCCNC(=O)CCCCC[NH+]1C(=O)CC(SCCC(N)=O)C1=O)C(=O)NCC(O)O. The molecule has 1 aliphatic rings. The minimum atomic E-state index is -1.75. The van der Waals surface area contributed by atoms with Crippen molar-refractivity contribution >= 4 is 53.1 Å². The summed E-state index contributed by atoms with van der Waals surface area (Å²) >= 11 is 1.29. The number of primary amides is 1. The van der Waals surface area contributed by atoms with E-state index in [1.54, 1.807) is 0 Å². The van der Waals surface area contributed by atoms with Crippen molar-refractivity contribution in [3.63, 3.8) is 0 Å². The molecule has 0 saturated carbocycles. The van der Waals surface area contributed by atoms with E-state index in [0.717, 1.165) is 0 Å². The lowest BCUT2D eigenvalue weighted by Crippen LogP contribution is -3.15. The Hall–Kier alpha value is -3.28. The van der Waals surface area contributed by atoms with E-state index in [-0.39, 0.29) is 95.7 Å². The predicted molar refractivity (Wildman–Crippen MR) is 208 cm³/mol. The van der Waals surface area contributed by atoms with Gasteiger partial charge in [0.1, 0.15) is 31.1 Å². The van der Waals surface area contributed by atoms with Crippen LogP contribution >= 0.6 is 11.8 Å². The van der Waals surface area contributed by atoms with Gasteiger partial charge in [-0.3, -0.25) is 24.0 Å². The second-order valence-corrected chi connectivity index (χ2v) is 15.3. The summed E-state index contributed by atoms with van der Waals surface area (Å²) in [5, 5.41) is 35.5. The predicted octanol–water partition coefficient (Wildman–Crippen LogP) is -3.86. The van der Waals surface area contributed by atoms with Crippen molar-refractivity contribution in [2.24, 2.45) is 5.73 Å². The summed E-state index contributed by atoms with van der Waals surface area (Å²) in [6.07, 6.45) is 2.55. The number of rotatable bonds is 35. The fourth-order valence-corrected chi connectivity index (χ4v) is 6.51. The van der Waals surface area contributed by atoms with Gasteiger partial charge in [-0.1, -0.05) is 0 Å². The van der Waals surface area contributed by atoms with Gasteiger partial charge in [0, 0.05) is 38.1 Å². The van der Waals surface area contributed by atoms with Crippen LogP contribution in [0.2, 0.25) is 0 Å². The molecule has 7 amide bonds. The number of amides is 7. The maximum Gasteiger partial charge on any atom is 0.333 e. The van der Waals surface area contributed by atoms with Crippen molar-refractivity contribution in [3.8, 4) is 0 Å². The summed E-state index contributed by atoms with van der Waals surface area (Å²) in [7, 11) is 0. The molecule has 1 aliphatic heterocycles. The number of unbranched alkanes of at least 4 members (excludes halogenated alkanes) is 3. The number of ether oxygens (including phenoxy) is 4. The van der Waals surface area contributed by atoms with Crippen LogP contribution < -0.4 is 31.9 Å². The van der Waals surface area contributed by atoms with E-state index in [1.807, 2.05) is 13.8 Å². The highest BCUT2D eigenvalue weighted by Gasteiger charge is 2.44. The first-order chi connectivity index (χ1) is 27.1. The maximum atomic E-state index is 12.6.